The summed E-state index contributed by atoms with van der Waals surface area (Å²) in [5.41, 5.74) is -0.857. The number of hydrogen-bond acceptors (Lipinski definition) is 3. The Kier molecular flexibility index (Phi) is 7.20. The summed E-state index contributed by atoms with van der Waals surface area (Å²) in [7, 11) is 0. The Morgan fingerprint density at radius 1 is 1.41 bits per heavy atom. The summed E-state index contributed by atoms with van der Waals surface area (Å²) >= 11 is 5.81. The Morgan fingerprint density at radius 2 is 2.05 bits per heavy atom. The first-order valence-electron chi connectivity index (χ1n) is 7.55. The van der Waals surface area contributed by atoms with Gasteiger partial charge >= 0.3 is 0 Å². The SMILES string of the molecule is CCCCCC(C)(C#N)NC(=O)C(C)Oc1ccc(Cl)cc1. The van der Waals surface area contributed by atoms with Crippen LogP contribution >= 0.6 is 11.6 Å². The molecule has 0 spiro atoms. The Bertz CT molecular complexity index is 524. The molecule has 1 N–H and O–H groups in total. The van der Waals surface area contributed by atoms with Gasteiger partial charge in [-0.3, -0.25) is 4.79 Å². The smallest absolute Gasteiger partial charge is 0.262 e. The van der Waals surface area contributed by atoms with Crippen molar-refractivity contribution in [3.05, 3.63) is 29.3 Å². The fraction of sp³-hybridized carbons (Fsp3) is 0.529. The van der Waals surface area contributed by atoms with E-state index in [2.05, 4.69) is 18.3 Å². The third kappa shape index (κ3) is 5.95. The molecular weight excluding hydrogens is 300 g/mol. The van der Waals surface area contributed by atoms with Gasteiger partial charge in [0.05, 0.1) is 6.07 Å². The number of halogens is 1. The highest BCUT2D eigenvalue weighted by Crippen LogP contribution is 2.18. The molecule has 2 unspecified atom stereocenters. The van der Waals surface area contributed by atoms with Crippen LogP contribution in [0, 0.1) is 11.3 Å². The maximum Gasteiger partial charge on any atom is 0.262 e. The number of carbonyl (C=O) groups is 1. The average Bonchev–Trinajstić information content (AvgIpc) is 2.49. The van der Waals surface area contributed by atoms with E-state index in [4.69, 9.17) is 16.3 Å². The Hall–Kier alpha value is -1.73. The highest BCUT2D eigenvalue weighted by molar-refractivity contribution is 6.30. The van der Waals surface area contributed by atoms with Crippen LogP contribution in [0.1, 0.15) is 46.5 Å². The van der Waals surface area contributed by atoms with E-state index in [1.807, 2.05) is 0 Å². The molecule has 120 valence electrons. The highest BCUT2D eigenvalue weighted by Gasteiger charge is 2.28. The zero-order valence-corrected chi connectivity index (χ0v) is 14.1. The van der Waals surface area contributed by atoms with Crippen LogP contribution in [0.2, 0.25) is 5.02 Å². The van der Waals surface area contributed by atoms with Crippen LogP contribution in [0.5, 0.6) is 5.75 Å². The lowest BCUT2D eigenvalue weighted by Gasteiger charge is -2.25. The van der Waals surface area contributed by atoms with E-state index < -0.39 is 11.6 Å². The van der Waals surface area contributed by atoms with Crippen molar-refractivity contribution in [1.29, 1.82) is 5.26 Å². The van der Waals surface area contributed by atoms with Gasteiger partial charge in [-0.15, -0.1) is 0 Å². The summed E-state index contributed by atoms with van der Waals surface area (Å²) in [6, 6.07) is 9.00. The van der Waals surface area contributed by atoms with Crippen molar-refractivity contribution in [3.8, 4) is 11.8 Å². The van der Waals surface area contributed by atoms with E-state index in [1.54, 1.807) is 38.1 Å². The molecule has 0 saturated heterocycles. The van der Waals surface area contributed by atoms with Gasteiger partial charge in [0.1, 0.15) is 11.3 Å². The zero-order valence-electron chi connectivity index (χ0n) is 13.4. The van der Waals surface area contributed by atoms with Gasteiger partial charge in [-0.2, -0.15) is 5.26 Å². The van der Waals surface area contributed by atoms with Crippen molar-refractivity contribution in [1.82, 2.24) is 5.32 Å². The van der Waals surface area contributed by atoms with Crippen LogP contribution < -0.4 is 10.1 Å². The minimum Gasteiger partial charge on any atom is -0.481 e. The second-order valence-electron chi connectivity index (χ2n) is 5.60. The number of carbonyl (C=O) groups excluding carboxylic acids is 1. The van der Waals surface area contributed by atoms with Gasteiger partial charge in [0, 0.05) is 5.02 Å². The lowest BCUT2D eigenvalue weighted by Crippen LogP contribution is -2.49. The molecule has 1 aromatic rings. The molecule has 0 saturated carbocycles. The number of amides is 1. The molecule has 0 bridgehead atoms. The quantitative estimate of drug-likeness (QED) is 0.733. The monoisotopic (exact) mass is 322 g/mol. The maximum absolute atomic E-state index is 12.2. The van der Waals surface area contributed by atoms with Gasteiger partial charge in [0.15, 0.2) is 6.10 Å². The molecule has 0 aliphatic rings. The van der Waals surface area contributed by atoms with E-state index in [9.17, 15) is 10.1 Å². The standard InChI is InChI=1S/C17H23ClN2O2/c1-4-5-6-11-17(3,12-19)20-16(21)13(2)22-15-9-7-14(18)8-10-15/h7-10,13H,4-6,11H2,1-3H3,(H,20,21). The van der Waals surface area contributed by atoms with Gasteiger partial charge in [-0.25, -0.2) is 0 Å². The fourth-order valence-electron chi connectivity index (χ4n) is 2.02. The summed E-state index contributed by atoms with van der Waals surface area (Å²) in [5.74, 6) is 0.271. The number of unbranched alkanes of at least 4 members (excludes halogenated alkanes) is 2. The number of rotatable bonds is 8. The van der Waals surface area contributed by atoms with E-state index in [0.717, 1.165) is 19.3 Å². The van der Waals surface area contributed by atoms with Crippen molar-refractivity contribution in [2.75, 3.05) is 0 Å². The predicted octanol–water partition coefficient (Wildman–Crippen LogP) is 4.09. The molecule has 5 heteroatoms. The topological polar surface area (TPSA) is 62.1 Å². The first-order valence-corrected chi connectivity index (χ1v) is 7.93. The lowest BCUT2D eigenvalue weighted by molar-refractivity contribution is -0.128. The van der Waals surface area contributed by atoms with Crippen LogP contribution in [-0.2, 0) is 4.79 Å². The van der Waals surface area contributed by atoms with Crippen molar-refractivity contribution in [2.45, 2.75) is 58.1 Å². The number of ether oxygens (including phenoxy) is 1. The maximum atomic E-state index is 12.2. The fourth-order valence-corrected chi connectivity index (χ4v) is 2.15. The molecule has 22 heavy (non-hydrogen) atoms. The molecule has 0 aromatic heterocycles. The number of benzene rings is 1. The van der Waals surface area contributed by atoms with Crippen LogP contribution in [-0.4, -0.2) is 17.6 Å². The lowest BCUT2D eigenvalue weighted by atomic mass is 9.95. The van der Waals surface area contributed by atoms with Gasteiger partial charge in [0.2, 0.25) is 0 Å². The molecule has 4 nitrogen and oxygen atoms in total. The number of nitrogens with zero attached hydrogens (tertiary/aromatic N) is 1. The summed E-state index contributed by atoms with van der Waals surface area (Å²) in [6.07, 6.45) is 2.99. The summed E-state index contributed by atoms with van der Waals surface area (Å²) in [5, 5.41) is 12.7. The molecule has 1 aromatic carbocycles. The van der Waals surface area contributed by atoms with Crippen molar-refractivity contribution >= 4 is 17.5 Å². The molecule has 0 aliphatic heterocycles. The largest absolute Gasteiger partial charge is 0.481 e. The molecule has 1 rings (SSSR count). The van der Waals surface area contributed by atoms with E-state index in [1.165, 1.54) is 0 Å². The number of nitriles is 1. The Morgan fingerprint density at radius 3 is 2.59 bits per heavy atom. The molecule has 0 heterocycles. The third-order valence-electron chi connectivity index (χ3n) is 3.42. The van der Waals surface area contributed by atoms with Crippen molar-refractivity contribution < 1.29 is 9.53 Å². The van der Waals surface area contributed by atoms with Crippen LogP contribution in [0.3, 0.4) is 0 Å². The minimum atomic E-state index is -0.857. The molecule has 2 atom stereocenters. The van der Waals surface area contributed by atoms with Gasteiger partial charge in [0.25, 0.3) is 5.91 Å². The highest BCUT2D eigenvalue weighted by atomic mass is 35.5. The van der Waals surface area contributed by atoms with Crippen LogP contribution in [0.25, 0.3) is 0 Å². The Labute approximate surface area is 137 Å². The number of nitrogens with one attached hydrogen (secondary N) is 1. The van der Waals surface area contributed by atoms with Crippen LogP contribution in [0.15, 0.2) is 24.3 Å². The minimum absolute atomic E-state index is 0.296. The first kappa shape index (κ1) is 18.3. The summed E-state index contributed by atoms with van der Waals surface area (Å²) < 4.78 is 5.57. The van der Waals surface area contributed by atoms with Gasteiger partial charge in [-0.1, -0.05) is 37.8 Å². The first-order chi connectivity index (χ1) is 10.4. The van der Waals surface area contributed by atoms with Crippen molar-refractivity contribution in [2.24, 2.45) is 0 Å². The summed E-state index contributed by atoms with van der Waals surface area (Å²) in [6.45, 7) is 5.51. The van der Waals surface area contributed by atoms with E-state index in [-0.39, 0.29) is 5.91 Å². The predicted molar refractivity (Wildman–Crippen MR) is 87.8 cm³/mol. The van der Waals surface area contributed by atoms with Gasteiger partial charge in [-0.05, 0) is 44.5 Å². The zero-order chi connectivity index (χ0) is 16.6. The van der Waals surface area contributed by atoms with Gasteiger partial charge < -0.3 is 10.1 Å². The van der Waals surface area contributed by atoms with Crippen LogP contribution in [0.4, 0.5) is 0 Å². The summed E-state index contributed by atoms with van der Waals surface area (Å²) in [4.78, 5) is 12.2. The second-order valence-corrected chi connectivity index (χ2v) is 6.04. The van der Waals surface area contributed by atoms with E-state index >= 15 is 0 Å². The molecular formula is C17H23ClN2O2. The average molecular weight is 323 g/mol. The van der Waals surface area contributed by atoms with E-state index in [0.29, 0.717) is 17.2 Å². The third-order valence-corrected chi connectivity index (χ3v) is 3.67. The molecule has 0 aliphatic carbocycles. The molecule has 1 amide bonds. The second kappa shape index (κ2) is 8.65. The molecule has 0 radical (unpaired) electrons. The van der Waals surface area contributed by atoms with Crippen molar-refractivity contribution in [3.63, 3.8) is 0 Å². The Balaban J connectivity index is 2.58. The number of hydrogen-bond donors (Lipinski definition) is 1. The normalized spacial score (nSPS) is 14.5. The molecule has 0 fully saturated rings.